The fourth-order valence-corrected chi connectivity index (χ4v) is 1.82. The molecule has 1 aromatic carbocycles. The van der Waals surface area contributed by atoms with Gasteiger partial charge in [0.25, 0.3) is 5.69 Å². The van der Waals surface area contributed by atoms with Crippen LogP contribution >= 0.6 is 0 Å². The zero-order valence-corrected chi connectivity index (χ0v) is 10.7. The average Bonchev–Trinajstić information content (AvgIpc) is 2.37. The number of nitro benzene ring substituents is 1. The molecule has 0 radical (unpaired) electrons. The molecule has 0 atom stereocenters. The van der Waals surface area contributed by atoms with Crippen LogP contribution in [0.1, 0.15) is 23.7 Å². The van der Waals surface area contributed by atoms with E-state index in [9.17, 15) is 20.0 Å². The SMILES string of the molecule is C=CCN(CCC)c1ccc([N+](=O)[O-])cc1C(=O)O. The molecule has 6 heteroatoms. The molecule has 0 spiro atoms. The molecule has 0 unspecified atom stereocenters. The molecule has 0 aliphatic carbocycles. The predicted molar refractivity (Wildman–Crippen MR) is 72.8 cm³/mol. The standard InChI is InChI=1S/C13H16N2O4/c1-3-7-14(8-4-2)12-6-5-10(15(18)19)9-11(12)13(16)17/h3,5-6,9H,1,4,7-8H2,2H3,(H,16,17). The third-order valence-corrected chi connectivity index (χ3v) is 2.61. The molecular formula is C13H16N2O4. The van der Waals surface area contributed by atoms with Gasteiger partial charge in [0.15, 0.2) is 0 Å². The average molecular weight is 264 g/mol. The fourth-order valence-electron chi connectivity index (χ4n) is 1.82. The Hall–Kier alpha value is -2.37. The summed E-state index contributed by atoms with van der Waals surface area (Å²) < 4.78 is 0. The first-order valence-corrected chi connectivity index (χ1v) is 5.88. The molecule has 0 aliphatic rings. The molecule has 0 saturated carbocycles. The van der Waals surface area contributed by atoms with Gasteiger partial charge in [-0.1, -0.05) is 13.0 Å². The highest BCUT2D eigenvalue weighted by molar-refractivity contribution is 5.95. The van der Waals surface area contributed by atoms with Gasteiger partial charge >= 0.3 is 5.97 Å². The van der Waals surface area contributed by atoms with Crippen LogP contribution in [-0.4, -0.2) is 29.1 Å². The first kappa shape index (κ1) is 14.7. The molecule has 0 aromatic heterocycles. The number of non-ortho nitro benzene ring substituents is 1. The van der Waals surface area contributed by atoms with Crippen molar-refractivity contribution in [1.29, 1.82) is 0 Å². The summed E-state index contributed by atoms with van der Waals surface area (Å²) in [5.74, 6) is -1.18. The molecule has 0 amide bonds. The van der Waals surface area contributed by atoms with Gasteiger partial charge in [-0.15, -0.1) is 6.58 Å². The molecule has 0 fully saturated rings. The Labute approximate surface area is 111 Å². The Morgan fingerprint density at radius 3 is 2.74 bits per heavy atom. The van der Waals surface area contributed by atoms with E-state index in [1.165, 1.54) is 12.1 Å². The lowest BCUT2D eigenvalue weighted by Gasteiger charge is -2.24. The summed E-state index contributed by atoms with van der Waals surface area (Å²) in [5, 5.41) is 19.9. The number of rotatable bonds is 7. The van der Waals surface area contributed by atoms with E-state index in [0.29, 0.717) is 18.8 Å². The molecule has 0 aliphatic heterocycles. The van der Waals surface area contributed by atoms with E-state index in [4.69, 9.17) is 0 Å². The van der Waals surface area contributed by atoms with Crippen molar-refractivity contribution < 1.29 is 14.8 Å². The Morgan fingerprint density at radius 2 is 2.26 bits per heavy atom. The fraction of sp³-hybridized carbons (Fsp3) is 0.308. The lowest BCUT2D eigenvalue weighted by Crippen LogP contribution is -2.26. The maximum Gasteiger partial charge on any atom is 0.338 e. The zero-order valence-electron chi connectivity index (χ0n) is 10.7. The number of benzene rings is 1. The number of hydrogen-bond acceptors (Lipinski definition) is 4. The van der Waals surface area contributed by atoms with E-state index >= 15 is 0 Å². The van der Waals surface area contributed by atoms with Crippen molar-refractivity contribution in [3.63, 3.8) is 0 Å². The minimum absolute atomic E-state index is 0.0653. The van der Waals surface area contributed by atoms with Crippen molar-refractivity contribution in [1.82, 2.24) is 0 Å². The summed E-state index contributed by atoms with van der Waals surface area (Å²) in [7, 11) is 0. The summed E-state index contributed by atoms with van der Waals surface area (Å²) in [4.78, 5) is 23.2. The molecule has 6 nitrogen and oxygen atoms in total. The molecule has 0 saturated heterocycles. The van der Waals surface area contributed by atoms with Crippen LogP contribution in [0.3, 0.4) is 0 Å². The molecule has 19 heavy (non-hydrogen) atoms. The quantitative estimate of drug-likeness (QED) is 0.465. The van der Waals surface area contributed by atoms with Crippen molar-refractivity contribution in [2.24, 2.45) is 0 Å². The summed E-state index contributed by atoms with van der Waals surface area (Å²) in [6.07, 6.45) is 2.51. The zero-order chi connectivity index (χ0) is 14.4. The second-order valence-electron chi connectivity index (χ2n) is 4.00. The van der Waals surface area contributed by atoms with Crippen LogP contribution in [0.25, 0.3) is 0 Å². The van der Waals surface area contributed by atoms with Crippen LogP contribution in [0.4, 0.5) is 11.4 Å². The van der Waals surface area contributed by atoms with Crippen molar-refractivity contribution in [2.45, 2.75) is 13.3 Å². The van der Waals surface area contributed by atoms with Gasteiger partial charge < -0.3 is 10.0 Å². The second kappa shape index (κ2) is 6.53. The minimum atomic E-state index is -1.18. The lowest BCUT2D eigenvalue weighted by molar-refractivity contribution is -0.384. The van der Waals surface area contributed by atoms with Crippen molar-refractivity contribution in [2.75, 3.05) is 18.0 Å². The van der Waals surface area contributed by atoms with Crippen LogP contribution in [0.15, 0.2) is 30.9 Å². The Bertz CT molecular complexity index is 499. The van der Waals surface area contributed by atoms with E-state index in [1.807, 2.05) is 11.8 Å². The molecule has 1 aromatic rings. The molecule has 102 valence electrons. The van der Waals surface area contributed by atoms with Crippen LogP contribution in [0.2, 0.25) is 0 Å². The maximum absolute atomic E-state index is 11.2. The topological polar surface area (TPSA) is 83.7 Å². The molecule has 1 N–H and O–H groups in total. The van der Waals surface area contributed by atoms with E-state index in [0.717, 1.165) is 12.5 Å². The van der Waals surface area contributed by atoms with Crippen molar-refractivity contribution in [3.05, 3.63) is 46.5 Å². The maximum atomic E-state index is 11.2. The molecule has 0 heterocycles. The van der Waals surface area contributed by atoms with Gasteiger partial charge in [-0.3, -0.25) is 10.1 Å². The number of carbonyl (C=O) groups is 1. The number of nitro groups is 1. The number of anilines is 1. The van der Waals surface area contributed by atoms with E-state index in [2.05, 4.69) is 6.58 Å². The van der Waals surface area contributed by atoms with Crippen LogP contribution < -0.4 is 4.90 Å². The number of aromatic carboxylic acids is 1. The van der Waals surface area contributed by atoms with E-state index in [-0.39, 0.29) is 11.3 Å². The number of carboxylic acid groups (broad SMARTS) is 1. The predicted octanol–water partition coefficient (Wildman–Crippen LogP) is 2.70. The Kier molecular flexibility index (Phi) is 5.05. The third-order valence-electron chi connectivity index (χ3n) is 2.61. The van der Waals surface area contributed by atoms with Gasteiger partial charge in [0, 0.05) is 25.2 Å². The first-order chi connectivity index (χ1) is 9.01. The van der Waals surface area contributed by atoms with Crippen molar-refractivity contribution in [3.8, 4) is 0 Å². The normalized spacial score (nSPS) is 9.95. The highest BCUT2D eigenvalue weighted by Gasteiger charge is 2.19. The van der Waals surface area contributed by atoms with Gasteiger partial charge in [0.2, 0.25) is 0 Å². The summed E-state index contributed by atoms with van der Waals surface area (Å²) in [5.41, 5.74) is 0.181. The van der Waals surface area contributed by atoms with Crippen LogP contribution in [0, 0.1) is 10.1 Å². The molecule has 0 bridgehead atoms. The number of nitrogens with zero attached hydrogens (tertiary/aromatic N) is 2. The smallest absolute Gasteiger partial charge is 0.338 e. The number of hydrogen-bond donors (Lipinski definition) is 1. The van der Waals surface area contributed by atoms with Gasteiger partial charge in [-0.05, 0) is 12.5 Å². The van der Waals surface area contributed by atoms with Crippen molar-refractivity contribution >= 4 is 17.3 Å². The molecule has 1 rings (SSSR count). The van der Waals surface area contributed by atoms with Gasteiger partial charge in [-0.25, -0.2) is 4.79 Å². The third kappa shape index (κ3) is 3.54. The Morgan fingerprint density at radius 1 is 1.58 bits per heavy atom. The largest absolute Gasteiger partial charge is 0.478 e. The highest BCUT2D eigenvalue weighted by Crippen LogP contribution is 2.25. The molecular weight excluding hydrogens is 248 g/mol. The summed E-state index contributed by atoms with van der Waals surface area (Å²) in [6.45, 7) is 6.75. The summed E-state index contributed by atoms with van der Waals surface area (Å²) in [6, 6.07) is 3.87. The number of carboxylic acids is 1. The van der Waals surface area contributed by atoms with Gasteiger partial charge in [0.05, 0.1) is 16.2 Å². The van der Waals surface area contributed by atoms with E-state index in [1.54, 1.807) is 6.08 Å². The highest BCUT2D eigenvalue weighted by atomic mass is 16.6. The monoisotopic (exact) mass is 264 g/mol. The van der Waals surface area contributed by atoms with Crippen LogP contribution in [0.5, 0.6) is 0 Å². The first-order valence-electron chi connectivity index (χ1n) is 5.88. The Balaban J connectivity index is 3.27. The van der Waals surface area contributed by atoms with E-state index < -0.39 is 10.9 Å². The van der Waals surface area contributed by atoms with Gasteiger partial charge in [0.1, 0.15) is 0 Å². The lowest BCUT2D eigenvalue weighted by atomic mass is 10.1. The second-order valence-corrected chi connectivity index (χ2v) is 4.00. The minimum Gasteiger partial charge on any atom is -0.478 e. The van der Waals surface area contributed by atoms with Gasteiger partial charge in [-0.2, -0.15) is 0 Å². The summed E-state index contributed by atoms with van der Waals surface area (Å²) >= 11 is 0. The van der Waals surface area contributed by atoms with Crippen LogP contribution in [-0.2, 0) is 0 Å².